The van der Waals surface area contributed by atoms with E-state index in [9.17, 15) is 4.79 Å². The van der Waals surface area contributed by atoms with Gasteiger partial charge >= 0.3 is 0 Å². The monoisotopic (exact) mass is 293 g/mol. The van der Waals surface area contributed by atoms with Gasteiger partial charge in [0.05, 0.1) is 10.2 Å². The lowest BCUT2D eigenvalue weighted by Crippen LogP contribution is -2.40. The molecule has 2 N–H and O–H groups in total. The number of amides is 1. The van der Waals surface area contributed by atoms with Crippen LogP contribution in [0.15, 0.2) is 18.2 Å². The van der Waals surface area contributed by atoms with Crippen LogP contribution in [0.25, 0.3) is 10.2 Å². The Morgan fingerprint density at radius 2 is 2.37 bits per heavy atom. The van der Waals surface area contributed by atoms with Crippen molar-refractivity contribution in [1.82, 2.24) is 9.88 Å². The molecule has 1 saturated heterocycles. The Balaban J connectivity index is 1.88. The maximum absolute atomic E-state index is 12.5. The largest absolute Gasteiger partial charge is 0.375 e. The minimum Gasteiger partial charge on any atom is -0.375 e. The first-order chi connectivity index (χ1) is 9.13. The van der Waals surface area contributed by atoms with E-state index in [1.165, 1.54) is 11.3 Å². The Morgan fingerprint density at radius 1 is 1.53 bits per heavy atom. The van der Waals surface area contributed by atoms with E-state index in [1.807, 2.05) is 34.9 Å². The van der Waals surface area contributed by atoms with Crippen molar-refractivity contribution >= 4 is 44.4 Å². The van der Waals surface area contributed by atoms with Crippen molar-refractivity contribution in [3.8, 4) is 0 Å². The van der Waals surface area contributed by atoms with Crippen LogP contribution < -0.4 is 5.73 Å². The first-order valence-electron chi connectivity index (χ1n) is 6.20. The number of fused-ring (bicyclic) bond motifs is 1. The second-order valence-electron chi connectivity index (χ2n) is 4.67. The fourth-order valence-corrected chi connectivity index (χ4v) is 4.05. The number of aromatic nitrogens is 1. The van der Waals surface area contributed by atoms with Gasteiger partial charge in [-0.25, -0.2) is 4.98 Å². The fraction of sp³-hybridized carbons (Fsp3) is 0.385. The van der Waals surface area contributed by atoms with Crippen LogP contribution in [0.3, 0.4) is 0 Å². The average Bonchev–Trinajstić information content (AvgIpc) is 2.76. The zero-order valence-electron chi connectivity index (χ0n) is 10.6. The molecule has 1 amide bonds. The number of anilines is 1. The molecule has 100 valence electrons. The SMILES string of the molecule is CC1CN(C(=O)c2ccc3nc(N)sc3c2)CCS1. The van der Waals surface area contributed by atoms with Gasteiger partial charge in [0.25, 0.3) is 5.91 Å². The Kier molecular flexibility index (Phi) is 3.36. The molecule has 2 heterocycles. The molecule has 4 nitrogen and oxygen atoms in total. The number of nitrogens with zero attached hydrogens (tertiary/aromatic N) is 2. The van der Waals surface area contributed by atoms with Gasteiger partial charge in [0.1, 0.15) is 0 Å². The van der Waals surface area contributed by atoms with Crippen LogP contribution in [0.4, 0.5) is 5.13 Å². The molecule has 0 bridgehead atoms. The van der Waals surface area contributed by atoms with E-state index < -0.39 is 0 Å². The lowest BCUT2D eigenvalue weighted by atomic mass is 10.2. The third-order valence-corrected chi connectivity index (χ3v) is 5.16. The minimum atomic E-state index is 0.112. The third kappa shape index (κ3) is 2.55. The molecule has 0 saturated carbocycles. The van der Waals surface area contributed by atoms with Crippen molar-refractivity contribution in [3.05, 3.63) is 23.8 Å². The number of nitrogen functional groups attached to an aromatic ring is 1. The number of carbonyl (C=O) groups is 1. The first kappa shape index (κ1) is 12.7. The molecule has 2 aromatic rings. The van der Waals surface area contributed by atoms with Crippen molar-refractivity contribution in [2.24, 2.45) is 0 Å². The molecule has 1 aromatic heterocycles. The fourth-order valence-electron chi connectivity index (χ4n) is 2.26. The Morgan fingerprint density at radius 3 is 3.16 bits per heavy atom. The molecule has 0 spiro atoms. The van der Waals surface area contributed by atoms with Crippen LogP contribution in [0.2, 0.25) is 0 Å². The number of hydrogen-bond acceptors (Lipinski definition) is 5. The maximum atomic E-state index is 12.5. The second-order valence-corrected chi connectivity index (χ2v) is 7.28. The summed E-state index contributed by atoms with van der Waals surface area (Å²) in [6.07, 6.45) is 0. The summed E-state index contributed by atoms with van der Waals surface area (Å²) >= 11 is 3.34. The summed E-state index contributed by atoms with van der Waals surface area (Å²) in [6.45, 7) is 3.82. The van der Waals surface area contributed by atoms with E-state index in [0.29, 0.717) is 10.4 Å². The summed E-state index contributed by atoms with van der Waals surface area (Å²) in [7, 11) is 0. The highest BCUT2D eigenvalue weighted by atomic mass is 32.2. The minimum absolute atomic E-state index is 0.112. The van der Waals surface area contributed by atoms with Gasteiger partial charge in [-0.3, -0.25) is 4.79 Å². The van der Waals surface area contributed by atoms with Gasteiger partial charge in [0, 0.05) is 29.7 Å². The number of thioether (sulfide) groups is 1. The van der Waals surface area contributed by atoms with Gasteiger partial charge < -0.3 is 10.6 Å². The van der Waals surface area contributed by atoms with Gasteiger partial charge in [-0.05, 0) is 18.2 Å². The summed E-state index contributed by atoms with van der Waals surface area (Å²) in [5, 5.41) is 1.06. The van der Waals surface area contributed by atoms with Gasteiger partial charge in [-0.2, -0.15) is 11.8 Å². The molecule has 0 radical (unpaired) electrons. The van der Waals surface area contributed by atoms with Gasteiger partial charge in [-0.1, -0.05) is 18.3 Å². The van der Waals surface area contributed by atoms with Crippen molar-refractivity contribution in [2.75, 3.05) is 24.6 Å². The number of carbonyl (C=O) groups excluding carboxylic acids is 1. The van der Waals surface area contributed by atoms with E-state index in [4.69, 9.17) is 5.73 Å². The number of thiazole rings is 1. The lowest BCUT2D eigenvalue weighted by Gasteiger charge is -2.30. The predicted octanol–water partition coefficient (Wildman–Crippen LogP) is 2.46. The molecule has 1 aromatic carbocycles. The molecule has 19 heavy (non-hydrogen) atoms. The molecular weight excluding hydrogens is 278 g/mol. The highest BCUT2D eigenvalue weighted by molar-refractivity contribution is 7.99. The molecule has 6 heteroatoms. The van der Waals surface area contributed by atoms with Crippen LogP contribution in [0.5, 0.6) is 0 Å². The van der Waals surface area contributed by atoms with Crippen molar-refractivity contribution in [1.29, 1.82) is 0 Å². The average molecular weight is 293 g/mol. The highest BCUT2D eigenvalue weighted by Gasteiger charge is 2.22. The molecule has 1 aliphatic rings. The first-order valence-corrected chi connectivity index (χ1v) is 8.07. The molecule has 1 fully saturated rings. The zero-order chi connectivity index (χ0) is 13.4. The smallest absolute Gasteiger partial charge is 0.253 e. The van der Waals surface area contributed by atoms with Gasteiger partial charge in [0.2, 0.25) is 0 Å². The quantitative estimate of drug-likeness (QED) is 0.877. The van der Waals surface area contributed by atoms with Crippen molar-refractivity contribution in [3.63, 3.8) is 0 Å². The molecule has 1 unspecified atom stereocenters. The molecule has 1 aliphatic heterocycles. The van der Waals surface area contributed by atoms with Crippen LogP contribution in [-0.2, 0) is 0 Å². The summed E-state index contributed by atoms with van der Waals surface area (Å²) in [6, 6.07) is 5.62. The van der Waals surface area contributed by atoms with Gasteiger partial charge in [-0.15, -0.1) is 0 Å². The van der Waals surface area contributed by atoms with Crippen LogP contribution in [0, 0.1) is 0 Å². The normalized spacial score (nSPS) is 19.8. The second kappa shape index (κ2) is 5.02. The van der Waals surface area contributed by atoms with Crippen LogP contribution >= 0.6 is 23.1 Å². The Labute approximate surface area is 120 Å². The van der Waals surface area contributed by atoms with E-state index in [-0.39, 0.29) is 5.91 Å². The third-order valence-electron chi connectivity index (χ3n) is 3.18. The highest BCUT2D eigenvalue weighted by Crippen LogP contribution is 2.26. The van der Waals surface area contributed by atoms with E-state index in [2.05, 4.69) is 11.9 Å². The van der Waals surface area contributed by atoms with E-state index >= 15 is 0 Å². The summed E-state index contributed by atoms with van der Waals surface area (Å²) in [5.41, 5.74) is 7.28. The summed E-state index contributed by atoms with van der Waals surface area (Å²) < 4.78 is 0.975. The molecule has 3 rings (SSSR count). The van der Waals surface area contributed by atoms with E-state index in [1.54, 1.807) is 0 Å². The molecule has 0 aliphatic carbocycles. The summed E-state index contributed by atoms with van der Waals surface area (Å²) in [4.78, 5) is 18.6. The van der Waals surface area contributed by atoms with Crippen molar-refractivity contribution < 1.29 is 4.79 Å². The standard InChI is InChI=1S/C13H15N3OS2/c1-8-7-16(4-5-18-8)12(17)9-2-3-10-11(6-9)19-13(14)15-10/h2-3,6,8H,4-5,7H2,1H3,(H2,14,15). The topological polar surface area (TPSA) is 59.2 Å². The number of rotatable bonds is 1. The number of benzene rings is 1. The zero-order valence-corrected chi connectivity index (χ0v) is 12.3. The number of hydrogen-bond donors (Lipinski definition) is 1. The molecular formula is C13H15N3OS2. The Hall–Kier alpha value is -1.27. The lowest BCUT2D eigenvalue weighted by molar-refractivity contribution is 0.0763. The van der Waals surface area contributed by atoms with E-state index in [0.717, 1.165) is 34.6 Å². The summed E-state index contributed by atoms with van der Waals surface area (Å²) in [5.74, 6) is 1.13. The molecule has 1 atom stereocenters. The van der Waals surface area contributed by atoms with Gasteiger partial charge in [0.15, 0.2) is 5.13 Å². The van der Waals surface area contributed by atoms with Crippen LogP contribution in [0.1, 0.15) is 17.3 Å². The predicted molar refractivity (Wildman–Crippen MR) is 81.9 cm³/mol. The van der Waals surface area contributed by atoms with Crippen molar-refractivity contribution in [2.45, 2.75) is 12.2 Å². The number of nitrogens with two attached hydrogens (primary N) is 1. The maximum Gasteiger partial charge on any atom is 0.253 e. The Bertz CT molecular complexity index is 625. The van der Waals surface area contributed by atoms with Crippen LogP contribution in [-0.4, -0.2) is 39.9 Å².